The van der Waals surface area contributed by atoms with Crippen molar-refractivity contribution in [2.75, 3.05) is 38.2 Å². The lowest BCUT2D eigenvalue weighted by Crippen LogP contribution is -2.50. The van der Waals surface area contributed by atoms with Crippen molar-refractivity contribution < 1.29 is 18.7 Å². The number of benzene rings is 1. The fourth-order valence-electron chi connectivity index (χ4n) is 2.89. The van der Waals surface area contributed by atoms with E-state index in [1.165, 1.54) is 6.07 Å². The number of hydrogen-bond acceptors (Lipinski definition) is 4. The minimum absolute atomic E-state index is 0.211. The van der Waals surface area contributed by atoms with Crippen molar-refractivity contribution in [1.29, 1.82) is 0 Å². The molecule has 5 nitrogen and oxygen atoms in total. The number of nitrogens with zero attached hydrogens (tertiary/aromatic N) is 1. The van der Waals surface area contributed by atoms with Gasteiger partial charge in [-0.1, -0.05) is 12.1 Å². The van der Waals surface area contributed by atoms with Crippen LogP contribution in [0.2, 0.25) is 0 Å². The van der Waals surface area contributed by atoms with Crippen LogP contribution in [0, 0.1) is 5.82 Å². The van der Waals surface area contributed by atoms with Gasteiger partial charge in [0.2, 0.25) is 5.91 Å². The first kappa shape index (κ1) is 14.4. The number of halogens is 1. The largest absolute Gasteiger partial charge is 0.346 e. The van der Waals surface area contributed by atoms with Gasteiger partial charge in [-0.15, -0.1) is 0 Å². The second-order valence-corrected chi connectivity index (χ2v) is 5.45. The molecular formula is C15H19FN2O3. The SMILES string of the molecule is O=C(CN1CCCC2(C1)OCCO2)Nc1ccccc1F. The number of likely N-dealkylation sites (tertiary alicyclic amines) is 1. The maximum Gasteiger partial charge on any atom is 0.238 e. The first-order valence-electron chi connectivity index (χ1n) is 7.22. The van der Waals surface area contributed by atoms with Crippen LogP contribution >= 0.6 is 0 Å². The van der Waals surface area contributed by atoms with Crippen molar-refractivity contribution in [2.45, 2.75) is 18.6 Å². The average Bonchev–Trinajstić information content (AvgIpc) is 2.89. The third-order valence-corrected chi connectivity index (χ3v) is 3.83. The number of ether oxygens (including phenoxy) is 2. The monoisotopic (exact) mass is 294 g/mol. The number of amides is 1. The van der Waals surface area contributed by atoms with Crippen molar-refractivity contribution in [3.8, 4) is 0 Å². The van der Waals surface area contributed by atoms with Gasteiger partial charge < -0.3 is 14.8 Å². The Kier molecular flexibility index (Phi) is 4.19. The lowest BCUT2D eigenvalue weighted by atomic mass is 10.0. The van der Waals surface area contributed by atoms with Crippen LogP contribution in [0.15, 0.2) is 24.3 Å². The van der Waals surface area contributed by atoms with Crippen LogP contribution in [-0.2, 0) is 14.3 Å². The number of carbonyl (C=O) groups excluding carboxylic acids is 1. The summed E-state index contributed by atoms with van der Waals surface area (Å²) in [4.78, 5) is 14.0. The highest BCUT2D eigenvalue weighted by molar-refractivity contribution is 5.92. The number of para-hydroxylation sites is 1. The van der Waals surface area contributed by atoms with E-state index in [-0.39, 0.29) is 18.1 Å². The standard InChI is InChI=1S/C15H19FN2O3/c16-12-4-1-2-5-13(12)17-14(19)10-18-7-3-6-15(11-18)20-8-9-21-15/h1-2,4-5H,3,6-11H2,(H,17,19). The molecule has 2 aliphatic heterocycles. The third kappa shape index (κ3) is 3.40. The molecule has 2 fully saturated rings. The van der Waals surface area contributed by atoms with E-state index >= 15 is 0 Å². The Bertz CT molecular complexity index is 517. The summed E-state index contributed by atoms with van der Waals surface area (Å²) in [5, 5.41) is 2.60. The molecule has 114 valence electrons. The average molecular weight is 294 g/mol. The van der Waals surface area contributed by atoms with Gasteiger partial charge in [-0.25, -0.2) is 4.39 Å². The Balaban J connectivity index is 1.56. The van der Waals surface area contributed by atoms with Crippen molar-refractivity contribution in [2.24, 2.45) is 0 Å². The van der Waals surface area contributed by atoms with Crippen LogP contribution < -0.4 is 5.32 Å². The quantitative estimate of drug-likeness (QED) is 0.920. The van der Waals surface area contributed by atoms with Crippen LogP contribution in [0.3, 0.4) is 0 Å². The summed E-state index contributed by atoms with van der Waals surface area (Å²) in [6.45, 7) is 2.82. The zero-order valence-corrected chi connectivity index (χ0v) is 11.8. The molecule has 3 rings (SSSR count). The van der Waals surface area contributed by atoms with Crippen LogP contribution in [0.25, 0.3) is 0 Å². The lowest BCUT2D eigenvalue weighted by molar-refractivity contribution is -0.189. The molecule has 2 saturated heterocycles. The van der Waals surface area contributed by atoms with Crippen molar-refractivity contribution in [3.05, 3.63) is 30.1 Å². The Labute approximate surface area is 123 Å². The molecule has 1 N–H and O–H groups in total. The molecule has 0 aliphatic carbocycles. The summed E-state index contributed by atoms with van der Waals surface area (Å²) in [7, 11) is 0. The summed E-state index contributed by atoms with van der Waals surface area (Å²) in [6.07, 6.45) is 1.78. The minimum Gasteiger partial charge on any atom is -0.346 e. The topological polar surface area (TPSA) is 50.8 Å². The first-order valence-corrected chi connectivity index (χ1v) is 7.22. The number of piperidine rings is 1. The predicted molar refractivity (Wildman–Crippen MR) is 75.3 cm³/mol. The van der Waals surface area contributed by atoms with Crippen molar-refractivity contribution in [3.63, 3.8) is 0 Å². The molecular weight excluding hydrogens is 275 g/mol. The Morgan fingerprint density at radius 2 is 2.10 bits per heavy atom. The van der Waals surface area contributed by atoms with E-state index in [9.17, 15) is 9.18 Å². The normalized spacial score (nSPS) is 21.6. The van der Waals surface area contributed by atoms with E-state index in [4.69, 9.17) is 9.47 Å². The smallest absolute Gasteiger partial charge is 0.238 e. The molecule has 0 atom stereocenters. The maximum atomic E-state index is 13.5. The molecule has 1 spiro atoms. The van der Waals surface area contributed by atoms with Crippen molar-refractivity contribution >= 4 is 11.6 Å². The molecule has 21 heavy (non-hydrogen) atoms. The summed E-state index contributed by atoms with van der Waals surface area (Å²) >= 11 is 0. The molecule has 0 saturated carbocycles. The van der Waals surface area contributed by atoms with E-state index < -0.39 is 11.6 Å². The molecule has 6 heteroatoms. The Morgan fingerprint density at radius 1 is 1.33 bits per heavy atom. The first-order chi connectivity index (χ1) is 10.2. The van der Waals surface area contributed by atoms with E-state index in [2.05, 4.69) is 5.32 Å². The zero-order chi connectivity index (χ0) is 14.7. The highest BCUT2D eigenvalue weighted by Gasteiger charge is 2.40. The lowest BCUT2D eigenvalue weighted by Gasteiger charge is -2.38. The van der Waals surface area contributed by atoms with Gasteiger partial charge in [-0.05, 0) is 25.1 Å². The number of carbonyl (C=O) groups is 1. The van der Waals surface area contributed by atoms with Gasteiger partial charge in [-0.3, -0.25) is 9.69 Å². The summed E-state index contributed by atoms with van der Waals surface area (Å²) in [5.41, 5.74) is 0.211. The summed E-state index contributed by atoms with van der Waals surface area (Å²) < 4.78 is 24.9. The van der Waals surface area contributed by atoms with E-state index in [0.29, 0.717) is 19.8 Å². The molecule has 2 heterocycles. The molecule has 0 unspecified atom stereocenters. The number of rotatable bonds is 3. The van der Waals surface area contributed by atoms with Gasteiger partial charge in [0, 0.05) is 6.42 Å². The number of anilines is 1. The number of nitrogens with one attached hydrogen (secondary N) is 1. The third-order valence-electron chi connectivity index (χ3n) is 3.83. The maximum absolute atomic E-state index is 13.5. The van der Waals surface area contributed by atoms with E-state index in [1.54, 1.807) is 18.2 Å². The van der Waals surface area contributed by atoms with E-state index in [1.807, 2.05) is 4.90 Å². The minimum atomic E-state index is -0.545. The van der Waals surface area contributed by atoms with Crippen LogP contribution in [-0.4, -0.2) is 49.4 Å². The van der Waals surface area contributed by atoms with Gasteiger partial charge in [0.1, 0.15) is 5.82 Å². The van der Waals surface area contributed by atoms with Gasteiger partial charge in [0.15, 0.2) is 5.79 Å². The summed E-state index contributed by atoms with van der Waals surface area (Å²) in [5.74, 6) is -1.20. The predicted octanol–water partition coefficient (Wildman–Crippen LogP) is 1.60. The van der Waals surface area contributed by atoms with Gasteiger partial charge in [-0.2, -0.15) is 0 Å². The molecule has 0 aromatic heterocycles. The van der Waals surface area contributed by atoms with Gasteiger partial charge in [0.05, 0.1) is 32.0 Å². The second-order valence-electron chi connectivity index (χ2n) is 5.45. The van der Waals surface area contributed by atoms with Crippen LogP contribution in [0.4, 0.5) is 10.1 Å². The molecule has 2 aliphatic rings. The van der Waals surface area contributed by atoms with Gasteiger partial charge in [0.25, 0.3) is 0 Å². The highest BCUT2D eigenvalue weighted by Crippen LogP contribution is 2.29. The second kappa shape index (κ2) is 6.09. The zero-order valence-electron chi connectivity index (χ0n) is 11.8. The molecule has 1 amide bonds. The Hall–Kier alpha value is -1.50. The molecule has 1 aromatic rings. The fourth-order valence-corrected chi connectivity index (χ4v) is 2.89. The van der Waals surface area contributed by atoms with Gasteiger partial charge >= 0.3 is 0 Å². The summed E-state index contributed by atoms with van der Waals surface area (Å²) in [6, 6.07) is 6.16. The van der Waals surface area contributed by atoms with Crippen molar-refractivity contribution in [1.82, 2.24) is 4.90 Å². The van der Waals surface area contributed by atoms with Crippen LogP contribution in [0.5, 0.6) is 0 Å². The fraction of sp³-hybridized carbons (Fsp3) is 0.533. The number of hydrogen-bond donors (Lipinski definition) is 1. The Morgan fingerprint density at radius 3 is 2.86 bits per heavy atom. The highest BCUT2D eigenvalue weighted by atomic mass is 19.1. The molecule has 0 bridgehead atoms. The van der Waals surface area contributed by atoms with E-state index in [0.717, 1.165) is 19.4 Å². The van der Waals surface area contributed by atoms with Crippen LogP contribution in [0.1, 0.15) is 12.8 Å². The molecule has 0 radical (unpaired) electrons. The molecule has 1 aromatic carbocycles.